The van der Waals surface area contributed by atoms with Crippen molar-refractivity contribution in [3.8, 4) is 0 Å². The number of hydrogen-bond acceptors (Lipinski definition) is 4. The minimum absolute atomic E-state index is 0.0550. The predicted molar refractivity (Wildman–Crippen MR) is 106 cm³/mol. The minimum Gasteiger partial charge on any atom is -0.372 e. The number of nitrogens with one attached hydrogen (secondary N) is 1. The second kappa shape index (κ2) is 7.29. The molecule has 0 saturated carbocycles. The van der Waals surface area contributed by atoms with E-state index in [9.17, 15) is 4.79 Å². The molecule has 2 aliphatic heterocycles. The Kier molecular flexibility index (Phi) is 4.87. The van der Waals surface area contributed by atoms with Gasteiger partial charge in [-0.15, -0.1) is 11.3 Å². The van der Waals surface area contributed by atoms with Gasteiger partial charge in [-0.3, -0.25) is 0 Å². The second-order valence-corrected chi connectivity index (χ2v) is 8.18. The van der Waals surface area contributed by atoms with Gasteiger partial charge in [0, 0.05) is 42.4 Å². The van der Waals surface area contributed by atoms with Gasteiger partial charge in [0.05, 0.1) is 12.2 Å². The summed E-state index contributed by atoms with van der Waals surface area (Å²) in [7, 11) is 0. The van der Waals surface area contributed by atoms with Gasteiger partial charge in [0.1, 0.15) is 0 Å². The van der Waals surface area contributed by atoms with Gasteiger partial charge < -0.3 is 19.9 Å². The fourth-order valence-electron chi connectivity index (χ4n) is 3.77. The van der Waals surface area contributed by atoms with Gasteiger partial charge >= 0.3 is 6.03 Å². The highest BCUT2D eigenvalue weighted by atomic mass is 32.1. The molecule has 0 bridgehead atoms. The maximum atomic E-state index is 12.5. The zero-order chi connectivity index (χ0) is 18.1. The molecule has 1 fully saturated rings. The summed E-state index contributed by atoms with van der Waals surface area (Å²) in [6.45, 7) is 7.28. The van der Waals surface area contributed by atoms with Crippen molar-refractivity contribution in [2.45, 2.75) is 39.0 Å². The first-order valence-electron chi connectivity index (χ1n) is 9.20. The molecule has 2 aromatic rings. The van der Waals surface area contributed by atoms with Crippen molar-refractivity contribution in [2.75, 3.05) is 29.9 Å². The van der Waals surface area contributed by atoms with Crippen LogP contribution in [0.15, 0.2) is 35.7 Å². The first-order chi connectivity index (χ1) is 12.6. The van der Waals surface area contributed by atoms with Gasteiger partial charge in [0.25, 0.3) is 0 Å². The number of carbonyl (C=O) groups excluding carboxylic acids is 1. The number of urea groups is 1. The van der Waals surface area contributed by atoms with Gasteiger partial charge in [-0.1, -0.05) is 0 Å². The van der Waals surface area contributed by atoms with E-state index in [2.05, 4.69) is 33.8 Å². The summed E-state index contributed by atoms with van der Waals surface area (Å²) < 4.78 is 5.69. The third kappa shape index (κ3) is 3.71. The summed E-state index contributed by atoms with van der Waals surface area (Å²) in [5.74, 6) is 0. The molecule has 0 spiro atoms. The number of fused-ring (bicyclic) bond motifs is 1. The van der Waals surface area contributed by atoms with E-state index in [0.29, 0.717) is 13.1 Å². The van der Waals surface area contributed by atoms with Crippen molar-refractivity contribution >= 4 is 28.7 Å². The number of rotatable bonds is 2. The standard InChI is InChI=1S/C20H25N3O2S/c1-14-11-23(12-15(2)25-14)20(24)21-17-3-5-18(6-4-17)22-9-7-19-16(13-22)8-10-26-19/h3-6,8,10,14-15H,7,9,11-13H2,1-2H3,(H,21,24). The summed E-state index contributed by atoms with van der Waals surface area (Å²) in [4.78, 5) is 18.2. The number of thiophene rings is 1. The summed E-state index contributed by atoms with van der Waals surface area (Å²) in [5, 5.41) is 5.19. The molecule has 3 heterocycles. The lowest BCUT2D eigenvalue weighted by molar-refractivity contribution is -0.0530. The maximum absolute atomic E-state index is 12.5. The summed E-state index contributed by atoms with van der Waals surface area (Å²) in [5.41, 5.74) is 3.47. The largest absolute Gasteiger partial charge is 0.372 e. The molecule has 1 saturated heterocycles. The van der Waals surface area contributed by atoms with E-state index < -0.39 is 0 Å². The lowest BCUT2D eigenvalue weighted by Crippen LogP contribution is -2.49. The number of anilines is 2. The topological polar surface area (TPSA) is 44.8 Å². The van der Waals surface area contributed by atoms with Crippen molar-refractivity contribution in [3.63, 3.8) is 0 Å². The molecule has 5 nitrogen and oxygen atoms in total. The lowest BCUT2D eigenvalue weighted by Gasteiger charge is -2.35. The van der Waals surface area contributed by atoms with Crippen LogP contribution in [0.4, 0.5) is 16.2 Å². The van der Waals surface area contributed by atoms with Crippen LogP contribution in [0.25, 0.3) is 0 Å². The Bertz CT molecular complexity index is 764. The van der Waals surface area contributed by atoms with Crippen LogP contribution in [0.3, 0.4) is 0 Å². The van der Waals surface area contributed by atoms with Crippen LogP contribution in [0.5, 0.6) is 0 Å². The first kappa shape index (κ1) is 17.4. The zero-order valence-corrected chi connectivity index (χ0v) is 16.1. The molecular formula is C20H25N3O2S. The van der Waals surface area contributed by atoms with Crippen LogP contribution in [-0.2, 0) is 17.7 Å². The van der Waals surface area contributed by atoms with Crippen LogP contribution in [0, 0.1) is 0 Å². The van der Waals surface area contributed by atoms with Gasteiger partial charge in [-0.05, 0) is 61.5 Å². The third-order valence-corrected chi connectivity index (χ3v) is 6.02. The molecule has 26 heavy (non-hydrogen) atoms. The van der Waals surface area contributed by atoms with E-state index in [1.807, 2.05) is 42.2 Å². The first-order valence-corrected chi connectivity index (χ1v) is 10.1. The Morgan fingerprint density at radius 2 is 1.88 bits per heavy atom. The van der Waals surface area contributed by atoms with E-state index >= 15 is 0 Å². The Balaban J connectivity index is 1.38. The van der Waals surface area contributed by atoms with E-state index in [1.54, 1.807) is 0 Å². The normalized spacial score (nSPS) is 22.8. The van der Waals surface area contributed by atoms with Crippen LogP contribution in [0.2, 0.25) is 0 Å². The number of ether oxygens (including phenoxy) is 1. The molecule has 1 aromatic carbocycles. The van der Waals surface area contributed by atoms with Crippen molar-refractivity contribution < 1.29 is 9.53 Å². The highest BCUT2D eigenvalue weighted by molar-refractivity contribution is 7.10. The molecule has 138 valence electrons. The van der Waals surface area contributed by atoms with Crippen LogP contribution < -0.4 is 10.2 Å². The molecule has 6 heteroatoms. The van der Waals surface area contributed by atoms with Crippen LogP contribution in [-0.4, -0.2) is 42.8 Å². The molecule has 1 aromatic heterocycles. The SMILES string of the molecule is CC1CN(C(=O)Nc2ccc(N3CCc4sccc4C3)cc2)CC(C)O1. The molecule has 2 atom stereocenters. The van der Waals surface area contributed by atoms with Gasteiger partial charge in [-0.25, -0.2) is 4.79 Å². The minimum atomic E-state index is -0.0550. The average Bonchev–Trinajstić information content (AvgIpc) is 3.09. The Labute approximate surface area is 158 Å². The predicted octanol–water partition coefficient (Wildman–Crippen LogP) is 3.95. The van der Waals surface area contributed by atoms with Crippen LogP contribution in [0.1, 0.15) is 24.3 Å². The van der Waals surface area contributed by atoms with Crippen molar-refractivity contribution in [3.05, 3.63) is 46.2 Å². The molecule has 1 N–H and O–H groups in total. The van der Waals surface area contributed by atoms with E-state index in [0.717, 1.165) is 25.2 Å². The van der Waals surface area contributed by atoms with Crippen molar-refractivity contribution in [1.29, 1.82) is 0 Å². The maximum Gasteiger partial charge on any atom is 0.322 e. The average molecular weight is 372 g/mol. The molecule has 0 aliphatic carbocycles. The van der Waals surface area contributed by atoms with Gasteiger partial charge in [0.2, 0.25) is 0 Å². The number of amides is 2. The Morgan fingerprint density at radius 1 is 1.15 bits per heavy atom. The molecule has 2 aliphatic rings. The highest BCUT2D eigenvalue weighted by Crippen LogP contribution is 2.28. The monoisotopic (exact) mass is 371 g/mol. The number of carbonyl (C=O) groups is 1. The smallest absolute Gasteiger partial charge is 0.322 e. The van der Waals surface area contributed by atoms with Gasteiger partial charge in [-0.2, -0.15) is 0 Å². The second-order valence-electron chi connectivity index (χ2n) is 7.18. The third-order valence-electron chi connectivity index (χ3n) is 5.00. The fraction of sp³-hybridized carbons (Fsp3) is 0.450. The summed E-state index contributed by atoms with van der Waals surface area (Å²) in [6.07, 6.45) is 1.26. The molecule has 2 amide bonds. The number of morpholine rings is 1. The summed E-state index contributed by atoms with van der Waals surface area (Å²) in [6, 6.07) is 10.3. The van der Waals surface area contributed by atoms with E-state index in [1.165, 1.54) is 16.1 Å². The lowest BCUT2D eigenvalue weighted by atomic mass is 10.1. The van der Waals surface area contributed by atoms with Gasteiger partial charge in [0.15, 0.2) is 0 Å². The molecular weight excluding hydrogens is 346 g/mol. The fourth-order valence-corrected chi connectivity index (χ4v) is 4.66. The molecule has 0 radical (unpaired) electrons. The van der Waals surface area contributed by atoms with Crippen LogP contribution >= 0.6 is 11.3 Å². The number of nitrogens with zero attached hydrogens (tertiary/aromatic N) is 2. The number of hydrogen-bond donors (Lipinski definition) is 1. The zero-order valence-electron chi connectivity index (χ0n) is 15.3. The van der Waals surface area contributed by atoms with E-state index in [4.69, 9.17) is 4.74 Å². The molecule has 4 rings (SSSR count). The quantitative estimate of drug-likeness (QED) is 0.869. The summed E-state index contributed by atoms with van der Waals surface area (Å²) >= 11 is 1.86. The Hall–Kier alpha value is -2.05. The highest BCUT2D eigenvalue weighted by Gasteiger charge is 2.26. The number of benzene rings is 1. The van der Waals surface area contributed by atoms with Crippen molar-refractivity contribution in [1.82, 2.24) is 4.90 Å². The molecule has 2 unspecified atom stereocenters. The Morgan fingerprint density at radius 3 is 2.62 bits per heavy atom. The van der Waals surface area contributed by atoms with Crippen molar-refractivity contribution in [2.24, 2.45) is 0 Å². The van der Waals surface area contributed by atoms with E-state index in [-0.39, 0.29) is 18.2 Å².